The van der Waals surface area contributed by atoms with Crippen molar-refractivity contribution in [2.24, 2.45) is 0 Å². The first-order valence-electron chi connectivity index (χ1n) is 0.189. The van der Waals surface area contributed by atoms with Crippen LogP contribution < -0.4 is 0 Å². The maximum absolute atomic E-state index is 4.78. The normalized spacial score (nSPS) is 1.00. The molecule has 0 fully saturated rings. The summed E-state index contributed by atoms with van der Waals surface area (Å²) in [6.07, 6.45) is 0. The molecule has 21 valence electrons. The first-order valence-corrected chi connectivity index (χ1v) is 4.20. The van der Waals surface area contributed by atoms with Gasteiger partial charge in [-0.15, -0.1) is 0 Å². The van der Waals surface area contributed by atoms with Crippen LogP contribution in [0.5, 0.6) is 0 Å². The summed E-state index contributed by atoms with van der Waals surface area (Å²) in [5.74, 6) is 4.78. The van der Waals surface area contributed by atoms with E-state index >= 15 is 0 Å². The molecule has 0 amide bonds. The van der Waals surface area contributed by atoms with Crippen LogP contribution in [0.2, 0.25) is 0 Å². The Morgan fingerprint density at radius 3 is 1.25 bits per heavy atom. The smallest absolute Gasteiger partial charge is 0.870 e. The number of hydrogen-bond donors (Lipinski definition) is 0. The first kappa shape index (κ1) is 16.2. The molecule has 1 nitrogen and oxygen atoms in total. The maximum Gasteiger partial charge on any atom is -0.870 e. The van der Waals surface area contributed by atoms with E-state index in [4.69, 9.17) is 5.80 Å². The molecule has 0 radical (unpaired) electrons. The second-order valence-electron chi connectivity index (χ2n) is 0. The van der Waals surface area contributed by atoms with Crippen LogP contribution in [0.1, 0.15) is 0 Å². The average Bonchev–Trinajstić information content (AvgIpc) is 1.00. The van der Waals surface area contributed by atoms with E-state index in [0.717, 1.165) is 37.2 Å². The molecule has 0 atom stereocenters. The van der Waals surface area contributed by atoms with Gasteiger partial charge >= 0.3 is 66.1 Å². The van der Waals surface area contributed by atoms with Crippen molar-refractivity contribution < 1.29 is 42.7 Å². The Balaban J connectivity index is -0.00000000500. The van der Waals surface area contributed by atoms with Crippen LogP contribution in [0.25, 0.3) is 0 Å². The molecule has 0 saturated carbocycles. The van der Waals surface area contributed by atoms with Gasteiger partial charge in [-0.3, -0.25) is 0 Å². The van der Waals surface area contributed by atoms with Crippen molar-refractivity contribution in [3.8, 4) is 0 Å². The van der Waals surface area contributed by atoms with Gasteiger partial charge in [0.2, 0.25) is 0 Å². The first-order chi connectivity index (χ1) is 1.00. The summed E-state index contributed by atoms with van der Waals surface area (Å²) in [4.78, 5) is 0. The van der Waals surface area contributed by atoms with E-state index in [1.807, 2.05) is 0 Å². The van der Waals surface area contributed by atoms with E-state index in [0.29, 0.717) is 0 Å². The van der Waals surface area contributed by atoms with Crippen LogP contribution >= 0.6 is 5.80 Å². The molecule has 0 rings (SSSR count). The van der Waals surface area contributed by atoms with Gasteiger partial charge in [-0.1, -0.05) is 0 Å². The molecule has 0 aliphatic carbocycles. The molecular formula is H2ClMgNdO. The third-order valence-corrected chi connectivity index (χ3v) is 0. The number of halogens is 1. The SMILES string of the molecule is [Cl][Nd].[MgH+].[OH-]. The zero-order valence-corrected chi connectivity index (χ0v) is 8.29. The van der Waals surface area contributed by atoms with Gasteiger partial charge < -0.3 is 5.48 Å². The van der Waals surface area contributed by atoms with Crippen molar-refractivity contribution in [2.75, 3.05) is 0 Å². The van der Waals surface area contributed by atoms with E-state index in [1.165, 1.54) is 0 Å². The van der Waals surface area contributed by atoms with Crippen LogP contribution in [0.3, 0.4) is 0 Å². The van der Waals surface area contributed by atoms with Gasteiger partial charge in [0.25, 0.3) is 0 Å². The molecule has 4 heteroatoms. The van der Waals surface area contributed by atoms with Crippen molar-refractivity contribution in [3.63, 3.8) is 0 Å². The zero-order valence-electron chi connectivity index (χ0n) is 2.33. The summed E-state index contributed by atoms with van der Waals surface area (Å²) in [6.45, 7) is 0. The molecule has 0 spiro atoms. The second kappa shape index (κ2) is 18.3. The van der Waals surface area contributed by atoms with Gasteiger partial charge in [-0.2, -0.15) is 0 Å². The van der Waals surface area contributed by atoms with Crippen molar-refractivity contribution in [1.82, 2.24) is 0 Å². The summed E-state index contributed by atoms with van der Waals surface area (Å²) in [5, 5.41) is 0. The Morgan fingerprint density at radius 2 is 1.25 bits per heavy atom. The van der Waals surface area contributed by atoms with E-state index in [1.54, 1.807) is 0 Å². The molecule has 0 aromatic rings. The fourth-order valence-corrected chi connectivity index (χ4v) is 0. The minimum Gasteiger partial charge on any atom is -0.870 e. The largest absolute Gasteiger partial charge is 0.870 e. The van der Waals surface area contributed by atoms with Crippen LogP contribution in [-0.4, -0.2) is 28.5 Å². The second-order valence-corrected chi connectivity index (χ2v) is 0. The third kappa shape index (κ3) is 8.84. The minimum atomic E-state index is 0. The van der Waals surface area contributed by atoms with Crippen molar-refractivity contribution in [3.05, 3.63) is 0 Å². The fraction of sp³-hybridized carbons (Fsp3) is 0. The molecule has 1 N–H and O–H groups in total. The average molecular weight is 222 g/mol. The molecule has 0 aromatic heterocycles. The van der Waals surface area contributed by atoms with E-state index in [2.05, 4.69) is 0 Å². The third-order valence-electron chi connectivity index (χ3n) is 0. The Morgan fingerprint density at radius 1 is 1.25 bits per heavy atom. The number of rotatable bonds is 0. The summed E-state index contributed by atoms with van der Waals surface area (Å²) in [5.41, 5.74) is 0. The maximum atomic E-state index is 4.78. The monoisotopic (exact) mass is 219 g/mol. The molecule has 0 aromatic carbocycles. The van der Waals surface area contributed by atoms with Gasteiger partial charge in [0, 0.05) is 0 Å². The molecular weight excluding hydrogens is 220 g/mol. The van der Waals surface area contributed by atoms with Crippen molar-refractivity contribution >= 4 is 28.9 Å². The minimum absolute atomic E-state index is 0. The van der Waals surface area contributed by atoms with Crippen molar-refractivity contribution in [2.45, 2.75) is 0 Å². The Labute approximate surface area is 70.1 Å². The summed E-state index contributed by atoms with van der Waals surface area (Å²) in [7, 11) is 0. The van der Waals surface area contributed by atoms with E-state index in [-0.39, 0.29) is 28.5 Å². The van der Waals surface area contributed by atoms with Gasteiger partial charge in [0.15, 0.2) is 0 Å². The topological polar surface area (TPSA) is 30.0 Å². The van der Waals surface area contributed by atoms with Crippen LogP contribution in [0.4, 0.5) is 0 Å². The predicted molar refractivity (Wildman–Crippen MR) is 14.9 cm³/mol. The zero-order chi connectivity index (χ0) is 2.00. The van der Waals surface area contributed by atoms with Gasteiger partial charge in [0.05, 0.1) is 0 Å². The van der Waals surface area contributed by atoms with Gasteiger partial charge in [-0.05, 0) is 0 Å². The van der Waals surface area contributed by atoms with Gasteiger partial charge in [0.1, 0.15) is 0 Å². The molecule has 0 heterocycles. The van der Waals surface area contributed by atoms with Crippen LogP contribution in [-0.2, 0) is 0 Å². The Bertz CT molecular complexity index is 8.00. The quantitative estimate of drug-likeness (QED) is 0.525. The summed E-state index contributed by atoms with van der Waals surface area (Å²) < 4.78 is 0. The standard InChI is InChI=1S/ClH.Mg.Nd.H2O.H/h1H;;;1H2;/q;2*+1;;/p-2. The number of hydrogen-bond acceptors (Lipinski definition) is 1. The van der Waals surface area contributed by atoms with Crippen LogP contribution in [0.15, 0.2) is 0 Å². The van der Waals surface area contributed by atoms with Gasteiger partial charge in [-0.25, -0.2) is 0 Å². The molecule has 0 aliphatic rings. The van der Waals surface area contributed by atoms with Crippen LogP contribution in [0, 0.1) is 37.2 Å². The predicted octanol–water partition coefficient (Wildman–Crippen LogP) is -0.136. The molecule has 4 heavy (non-hydrogen) atoms. The summed E-state index contributed by atoms with van der Waals surface area (Å²) in [6, 6.07) is 0. The van der Waals surface area contributed by atoms with E-state index in [9.17, 15) is 0 Å². The summed E-state index contributed by atoms with van der Waals surface area (Å²) >= 11 is 0.778. The Hall–Kier alpha value is 2.37. The van der Waals surface area contributed by atoms with E-state index < -0.39 is 0 Å². The fourth-order valence-electron chi connectivity index (χ4n) is 0. The molecule has 0 unspecified atom stereocenters. The molecule has 0 bridgehead atoms. The Kier molecular flexibility index (Phi) is 73.9. The van der Waals surface area contributed by atoms with Crippen molar-refractivity contribution in [1.29, 1.82) is 0 Å². The molecule has 0 aliphatic heterocycles. The molecule has 0 saturated heterocycles.